The molecule has 0 aliphatic heterocycles. The van der Waals surface area contributed by atoms with E-state index < -0.39 is 0 Å². The molecule has 0 aliphatic rings. The summed E-state index contributed by atoms with van der Waals surface area (Å²) >= 11 is 0. The highest BCUT2D eigenvalue weighted by Crippen LogP contribution is 2.30. The summed E-state index contributed by atoms with van der Waals surface area (Å²) in [5.74, 6) is 13.7. The minimum atomic E-state index is 0.772. The average molecular weight is 274 g/mol. The SMILES string of the molecule is CC#Cc1c(C)cccc1Oc1cccc(C)c1C#CC. The van der Waals surface area contributed by atoms with Gasteiger partial charge in [-0.05, 0) is 51.0 Å². The molecular formula is C20H18O. The van der Waals surface area contributed by atoms with Crippen LogP contribution in [0.1, 0.15) is 36.1 Å². The molecule has 0 fully saturated rings. The van der Waals surface area contributed by atoms with Gasteiger partial charge in [0.15, 0.2) is 0 Å². The summed E-state index contributed by atoms with van der Waals surface area (Å²) in [6, 6.07) is 11.9. The summed E-state index contributed by atoms with van der Waals surface area (Å²) in [6.07, 6.45) is 0. The van der Waals surface area contributed by atoms with Gasteiger partial charge in [-0.25, -0.2) is 0 Å². The van der Waals surface area contributed by atoms with Gasteiger partial charge in [-0.2, -0.15) is 0 Å². The van der Waals surface area contributed by atoms with Crippen LogP contribution in [-0.2, 0) is 0 Å². The molecule has 0 bridgehead atoms. The Bertz CT molecular complexity index is 709. The highest BCUT2D eigenvalue weighted by Gasteiger charge is 2.09. The summed E-state index contributed by atoms with van der Waals surface area (Å²) in [4.78, 5) is 0. The standard InChI is InChI=1S/C20H18O/c1-5-9-17-15(3)11-7-13-19(17)21-20-14-8-12-16(4)18(20)10-6-2/h7-8,11-14H,1-4H3. The maximum absolute atomic E-state index is 6.10. The Morgan fingerprint density at radius 3 is 1.52 bits per heavy atom. The fourth-order valence-electron chi connectivity index (χ4n) is 2.14. The van der Waals surface area contributed by atoms with Crippen LogP contribution in [0.5, 0.6) is 11.5 Å². The fourth-order valence-corrected chi connectivity index (χ4v) is 2.14. The zero-order valence-electron chi connectivity index (χ0n) is 12.9. The predicted molar refractivity (Wildman–Crippen MR) is 87.5 cm³/mol. The van der Waals surface area contributed by atoms with Gasteiger partial charge >= 0.3 is 0 Å². The molecule has 2 rings (SSSR count). The van der Waals surface area contributed by atoms with Crippen LogP contribution >= 0.6 is 0 Å². The van der Waals surface area contributed by atoms with Gasteiger partial charge < -0.3 is 4.74 Å². The monoisotopic (exact) mass is 274 g/mol. The van der Waals surface area contributed by atoms with E-state index in [9.17, 15) is 0 Å². The lowest BCUT2D eigenvalue weighted by molar-refractivity contribution is 0.479. The molecule has 0 saturated heterocycles. The van der Waals surface area contributed by atoms with E-state index in [0.29, 0.717) is 0 Å². The molecule has 0 aromatic heterocycles. The van der Waals surface area contributed by atoms with Gasteiger partial charge in [-0.15, -0.1) is 11.8 Å². The van der Waals surface area contributed by atoms with Crippen LogP contribution in [0.4, 0.5) is 0 Å². The fraction of sp³-hybridized carbons (Fsp3) is 0.200. The Morgan fingerprint density at radius 2 is 1.14 bits per heavy atom. The molecule has 0 heterocycles. The number of hydrogen-bond acceptors (Lipinski definition) is 1. The molecule has 104 valence electrons. The van der Waals surface area contributed by atoms with E-state index in [-0.39, 0.29) is 0 Å². The van der Waals surface area contributed by atoms with Gasteiger partial charge in [0, 0.05) is 0 Å². The van der Waals surface area contributed by atoms with Crippen molar-refractivity contribution < 1.29 is 4.74 Å². The van der Waals surface area contributed by atoms with Crippen LogP contribution in [0.3, 0.4) is 0 Å². The van der Waals surface area contributed by atoms with Gasteiger partial charge in [0.1, 0.15) is 11.5 Å². The smallest absolute Gasteiger partial charge is 0.143 e. The van der Waals surface area contributed by atoms with Gasteiger partial charge in [0.2, 0.25) is 0 Å². The lowest BCUT2D eigenvalue weighted by atomic mass is 10.1. The van der Waals surface area contributed by atoms with Crippen molar-refractivity contribution in [2.75, 3.05) is 0 Å². The molecule has 2 aromatic carbocycles. The zero-order chi connectivity index (χ0) is 15.2. The third-order valence-electron chi connectivity index (χ3n) is 3.19. The second-order valence-electron chi connectivity index (χ2n) is 4.75. The largest absolute Gasteiger partial charge is 0.455 e. The molecule has 21 heavy (non-hydrogen) atoms. The first kappa shape index (κ1) is 14.8. The van der Waals surface area contributed by atoms with E-state index in [1.807, 2.05) is 64.1 Å². The van der Waals surface area contributed by atoms with Crippen molar-refractivity contribution in [2.24, 2.45) is 0 Å². The molecular weight excluding hydrogens is 256 g/mol. The maximum atomic E-state index is 6.10. The Balaban J connectivity index is 2.52. The van der Waals surface area contributed by atoms with Crippen LogP contribution in [0.2, 0.25) is 0 Å². The first-order valence-corrected chi connectivity index (χ1v) is 6.90. The van der Waals surface area contributed by atoms with Crippen molar-refractivity contribution in [2.45, 2.75) is 27.7 Å². The molecule has 0 unspecified atom stereocenters. The molecule has 0 aliphatic carbocycles. The Labute approximate surface area is 127 Å². The minimum Gasteiger partial charge on any atom is -0.455 e. The average Bonchev–Trinajstić information content (AvgIpc) is 2.46. The first-order valence-electron chi connectivity index (χ1n) is 6.90. The topological polar surface area (TPSA) is 9.23 Å². The summed E-state index contributed by atoms with van der Waals surface area (Å²) in [5.41, 5.74) is 4.07. The molecule has 1 heteroatoms. The summed E-state index contributed by atoms with van der Waals surface area (Å²) in [6.45, 7) is 7.73. The van der Waals surface area contributed by atoms with Gasteiger partial charge in [0.05, 0.1) is 11.1 Å². The quantitative estimate of drug-likeness (QED) is 0.712. The van der Waals surface area contributed by atoms with Crippen molar-refractivity contribution in [1.82, 2.24) is 0 Å². The van der Waals surface area contributed by atoms with Crippen molar-refractivity contribution >= 4 is 0 Å². The van der Waals surface area contributed by atoms with Crippen LogP contribution in [0, 0.1) is 37.5 Å². The number of rotatable bonds is 2. The molecule has 1 nitrogen and oxygen atoms in total. The van der Waals surface area contributed by atoms with E-state index in [1.165, 1.54) is 0 Å². The second-order valence-corrected chi connectivity index (χ2v) is 4.75. The first-order chi connectivity index (χ1) is 10.2. The lowest BCUT2D eigenvalue weighted by Gasteiger charge is -2.12. The Kier molecular flexibility index (Phi) is 4.70. The number of hydrogen-bond donors (Lipinski definition) is 0. The van der Waals surface area contributed by atoms with Gasteiger partial charge in [-0.3, -0.25) is 0 Å². The van der Waals surface area contributed by atoms with Gasteiger partial charge in [0.25, 0.3) is 0 Å². The third kappa shape index (κ3) is 3.28. The summed E-state index contributed by atoms with van der Waals surface area (Å²) in [5, 5.41) is 0. The molecule has 0 spiro atoms. The molecule has 0 amide bonds. The highest BCUT2D eigenvalue weighted by atomic mass is 16.5. The molecule has 0 N–H and O–H groups in total. The molecule has 0 atom stereocenters. The normalized spacial score (nSPS) is 9.14. The predicted octanol–water partition coefficient (Wildman–Crippen LogP) is 4.84. The van der Waals surface area contributed by atoms with Crippen LogP contribution in [0.15, 0.2) is 36.4 Å². The Morgan fingerprint density at radius 1 is 0.714 bits per heavy atom. The van der Waals surface area contributed by atoms with E-state index in [4.69, 9.17) is 4.74 Å². The van der Waals surface area contributed by atoms with E-state index in [1.54, 1.807) is 0 Å². The van der Waals surface area contributed by atoms with E-state index >= 15 is 0 Å². The van der Waals surface area contributed by atoms with E-state index in [2.05, 4.69) is 23.7 Å². The molecule has 0 radical (unpaired) electrons. The number of ether oxygens (including phenoxy) is 1. The summed E-state index contributed by atoms with van der Waals surface area (Å²) < 4.78 is 6.10. The van der Waals surface area contributed by atoms with Crippen LogP contribution in [0.25, 0.3) is 0 Å². The van der Waals surface area contributed by atoms with Crippen molar-refractivity contribution in [1.29, 1.82) is 0 Å². The molecule has 0 saturated carbocycles. The minimum absolute atomic E-state index is 0.772. The van der Waals surface area contributed by atoms with Crippen LogP contribution in [-0.4, -0.2) is 0 Å². The third-order valence-corrected chi connectivity index (χ3v) is 3.19. The van der Waals surface area contributed by atoms with Crippen molar-refractivity contribution in [3.8, 4) is 35.2 Å². The summed E-state index contributed by atoms with van der Waals surface area (Å²) in [7, 11) is 0. The van der Waals surface area contributed by atoms with Crippen LogP contribution < -0.4 is 4.74 Å². The maximum Gasteiger partial charge on any atom is 0.143 e. The zero-order valence-corrected chi connectivity index (χ0v) is 12.9. The second kappa shape index (κ2) is 6.69. The highest BCUT2D eigenvalue weighted by molar-refractivity contribution is 5.56. The van der Waals surface area contributed by atoms with Crippen molar-refractivity contribution in [3.05, 3.63) is 58.7 Å². The van der Waals surface area contributed by atoms with Gasteiger partial charge in [-0.1, -0.05) is 36.1 Å². The Hall–Kier alpha value is -2.64. The number of benzene rings is 2. The lowest BCUT2D eigenvalue weighted by Crippen LogP contribution is -1.94. The van der Waals surface area contributed by atoms with Crippen molar-refractivity contribution in [3.63, 3.8) is 0 Å². The number of aryl methyl sites for hydroxylation is 2. The van der Waals surface area contributed by atoms with E-state index in [0.717, 1.165) is 33.8 Å². The molecule has 2 aromatic rings.